The van der Waals surface area contributed by atoms with E-state index in [4.69, 9.17) is 10.5 Å². The largest absolute Gasteiger partial charge is 0.504 e. The molecular formula is C18H12F6N4O5. The Morgan fingerprint density at radius 2 is 1.58 bits per heavy atom. The molecule has 0 saturated heterocycles. The molecule has 1 heterocycles. The van der Waals surface area contributed by atoms with Crippen LogP contribution in [0.3, 0.4) is 0 Å². The Hall–Kier alpha value is -4.17. The van der Waals surface area contributed by atoms with E-state index < -0.39 is 63.9 Å². The molecule has 1 aromatic heterocycles. The number of nitrogens with zero attached hydrogens (tertiary/aromatic N) is 3. The smallest absolute Gasteiger partial charge is 0.416 e. The number of carbonyl (C=O) groups excluding carboxylic acids is 1. The van der Waals surface area contributed by atoms with Gasteiger partial charge in [0.15, 0.2) is 11.5 Å². The molecule has 0 unspecified atom stereocenters. The van der Waals surface area contributed by atoms with E-state index in [-0.39, 0.29) is 11.8 Å². The van der Waals surface area contributed by atoms with Crippen LogP contribution in [0.1, 0.15) is 11.1 Å². The highest BCUT2D eigenvalue weighted by Crippen LogP contribution is 2.43. The molecule has 33 heavy (non-hydrogen) atoms. The number of aromatic nitrogens is 3. The predicted molar refractivity (Wildman–Crippen MR) is 96.9 cm³/mol. The molecule has 2 aromatic carbocycles. The van der Waals surface area contributed by atoms with Crippen LogP contribution in [-0.2, 0) is 12.4 Å². The van der Waals surface area contributed by atoms with Crippen LogP contribution in [0.2, 0.25) is 0 Å². The minimum atomic E-state index is -5.19. The Morgan fingerprint density at radius 1 is 1.00 bits per heavy atom. The second-order valence-electron chi connectivity index (χ2n) is 6.38. The molecule has 3 rings (SSSR count). The van der Waals surface area contributed by atoms with Crippen LogP contribution in [0.15, 0.2) is 30.3 Å². The lowest BCUT2D eigenvalue weighted by molar-refractivity contribution is -0.143. The lowest BCUT2D eigenvalue weighted by atomic mass is 10.0. The van der Waals surface area contributed by atoms with Gasteiger partial charge in [-0.2, -0.15) is 26.3 Å². The first-order chi connectivity index (χ1) is 15.2. The molecule has 3 aromatic rings. The number of rotatable bonds is 4. The summed E-state index contributed by atoms with van der Waals surface area (Å²) in [6, 6.07) is 2.56. The number of halogens is 6. The number of hydrogen-bond donors (Lipinski definition) is 3. The minimum Gasteiger partial charge on any atom is -0.504 e. The number of aromatic hydroxyl groups is 2. The molecule has 0 aliphatic heterocycles. The molecule has 15 heteroatoms. The van der Waals surface area contributed by atoms with E-state index in [9.17, 15) is 41.4 Å². The number of hydrogen-bond acceptors (Lipinski definition) is 7. The van der Waals surface area contributed by atoms with Gasteiger partial charge in [0.2, 0.25) is 0 Å². The normalized spacial score (nSPS) is 12.0. The van der Waals surface area contributed by atoms with Gasteiger partial charge < -0.3 is 25.4 Å². The van der Waals surface area contributed by atoms with E-state index in [1.54, 1.807) is 0 Å². The van der Waals surface area contributed by atoms with E-state index >= 15 is 0 Å². The molecule has 0 spiro atoms. The number of nitrogens with two attached hydrogens (primary N) is 1. The van der Waals surface area contributed by atoms with Crippen molar-refractivity contribution < 1.29 is 50.8 Å². The first kappa shape index (κ1) is 23.5. The van der Waals surface area contributed by atoms with E-state index in [0.29, 0.717) is 16.8 Å². The molecule has 0 aliphatic rings. The second-order valence-corrected chi connectivity index (χ2v) is 6.38. The van der Waals surface area contributed by atoms with Gasteiger partial charge in [-0.1, -0.05) is 10.3 Å². The number of phenols is 2. The van der Waals surface area contributed by atoms with Crippen molar-refractivity contribution in [3.63, 3.8) is 0 Å². The fourth-order valence-corrected chi connectivity index (χ4v) is 2.80. The topological polar surface area (TPSA) is 133 Å². The van der Waals surface area contributed by atoms with Gasteiger partial charge in [-0.05, 0) is 18.2 Å². The van der Waals surface area contributed by atoms with E-state index in [2.05, 4.69) is 15.0 Å². The van der Waals surface area contributed by atoms with Crippen LogP contribution in [-0.4, -0.2) is 38.4 Å². The summed E-state index contributed by atoms with van der Waals surface area (Å²) in [5.41, 5.74) is -0.425. The third kappa shape index (κ3) is 4.70. The molecule has 0 atom stereocenters. The van der Waals surface area contributed by atoms with Gasteiger partial charge in [-0.3, -0.25) is 0 Å². The highest BCUT2D eigenvalue weighted by Gasteiger charge is 2.38. The Morgan fingerprint density at radius 3 is 2.06 bits per heavy atom. The molecule has 0 fully saturated rings. The van der Waals surface area contributed by atoms with Crippen LogP contribution in [0.5, 0.6) is 23.1 Å². The standard InChI is InChI=1S/C18H12F6N4O5/c1-32-10-5-11(14(30)12(29)6-10)28-13(15(26-27-28)33-16(25)31)7-2-8(17(19,20)21)4-9(3-7)18(22,23)24/h2-6,29-30H,1H3,(H2,25,31). The van der Waals surface area contributed by atoms with Crippen molar-refractivity contribution in [1.82, 2.24) is 15.0 Å². The SMILES string of the molecule is COc1cc(O)c(O)c(-n2nnc(OC(N)=O)c2-c2cc(C(F)(F)F)cc(C(F)(F)F)c2)c1. The van der Waals surface area contributed by atoms with Crippen molar-refractivity contribution >= 4 is 6.09 Å². The Kier molecular flexibility index (Phi) is 5.74. The first-order valence-electron chi connectivity index (χ1n) is 8.55. The zero-order valence-electron chi connectivity index (χ0n) is 16.2. The Bertz CT molecular complexity index is 1190. The van der Waals surface area contributed by atoms with Crippen molar-refractivity contribution in [2.75, 3.05) is 7.11 Å². The molecule has 0 aliphatic carbocycles. The third-order valence-electron chi connectivity index (χ3n) is 4.20. The van der Waals surface area contributed by atoms with Crippen molar-refractivity contribution in [3.05, 3.63) is 41.5 Å². The Labute approximate surface area is 179 Å². The number of ether oxygens (including phenoxy) is 2. The summed E-state index contributed by atoms with van der Waals surface area (Å²) in [4.78, 5) is 11.2. The molecular weight excluding hydrogens is 466 g/mol. The van der Waals surface area contributed by atoms with Crippen LogP contribution < -0.4 is 15.2 Å². The van der Waals surface area contributed by atoms with Crippen molar-refractivity contribution in [3.8, 4) is 40.1 Å². The molecule has 0 bridgehead atoms. The summed E-state index contributed by atoms with van der Waals surface area (Å²) in [6.45, 7) is 0. The molecule has 176 valence electrons. The zero-order chi connectivity index (χ0) is 24.7. The molecule has 0 radical (unpaired) electrons. The summed E-state index contributed by atoms with van der Waals surface area (Å²) in [6.07, 6.45) is -11.9. The van der Waals surface area contributed by atoms with Gasteiger partial charge in [0, 0.05) is 17.7 Å². The summed E-state index contributed by atoms with van der Waals surface area (Å²) in [7, 11) is 1.18. The summed E-state index contributed by atoms with van der Waals surface area (Å²) < 4.78 is 90.0. The zero-order valence-corrected chi connectivity index (χ0v) is 16.2. The molecule has 0 saturated carbocycles. The van der Waals surface area contributed by atoms with Gasteiger partial charge in [0.25, 0.3) is 5.88 Å². The second kappa shape index (κ2) is 8.07. The number of alkyl halides is 6. The highest BCUT2D eigenvalue weighted by molar-refractivity contribution is 5.75. The van der Waals surface area contributed by atoms with Gasteiger partial charge in [0.1, 0.15) is 17.1 Å². The molecule has 1 amide bonds. The summed E-state index contributed by atoms with van der Waals surface area (Å²) in [5.74, 6) is -2.57. The van der Waals surface area contributed by atoms with E-state index in [1.165, 1.54) is 7.11 Å². The monoisotopic (exact) mass is 478 g/mol. The average molecular weight is 478 g/mol. The first-order valence-corrected chi connectivity index (χ1v) is 8.55. The molecule has 9 nitrogen and oxygen atoms in total. The van der Waals surface area contributed by atoms with Crippen LogP contribution in [0.4, 0.5) is 31.1 Å². The average Bonchev–Trinajstić information content (AvgIpc) is 3.10. The summed E-state index contributed by atoms with van der Waals surface area (Å²) in [5, 5.41) is 27.0. The lowest BCUT2D eigenvalue weighted by Gasteiger charge is -2.16. The predicted octanol–water partition coefficient (Wildman–Crippen LogP) is 3.85. The third-order valence-corrected chi connectivity index (χ3v) is 4.20. The number of benzene rings is 2. The highest BCUT2D eigenvalue weighted by atomic mass is 19.4. The number of methoxy groups -OCH3 is 1. The maximum atomic E-state index is 13.3. The maximum Gasteiger partial charge on any atom is 0.416 e. The fraction of sp³-hybridized carbons (Fsp3) is 0.167. The maximum absolute atomic E-state index is 13.3. The van der Waals surface area contributed by atoms with E-state index in [0.717, 1.165) is 12.1 Å². The van der Waals surface area contributed by atoms with Gasteiger partial charge in [-0.25, -0.2) is 9.48 Å². The van der Waals surface area contributed by atoms with E-state index in [1.807, 2.05) is 0 Å². The number of carbonyl (C=O) groups is 1. The number of primary amides is 1. The summed E-state index contributed by atoms with van der Waals surface area (Å²) >= 11 is 0. The quantitative estimate of drug-likeness (QED) is 0.383. The Balaban J connectivity index is 2.39. The van der Waals surface area contributed by atoms with Crippen LogP contribution in [0.25, 0.3) is 16.9 Å². The van der Waals surface area contributed by atoms with Gasteiger partial charge >= 0.3 is 18.4 Å². The molecule has 4 N–H and O–H groups in total. The lowest BCUT2D eigenvalue weighted by Crippen LogP contribution is -2.17. The van der Waals surface area contributed by atoms with Crippen molar-refractivity contribution in [1.29, 1.82) is 0 Å². The number of phenolic OH excluding ortho intramolecular Hbond substituents is 2. The minimum absolute atomic E-state index is 0.0702. The van der Waals surface area contributed by atoms with Crippen molar-refractivity contribution in [2.45, 2.75) is 12.4 Å². The van der Waals surface area contributed by atoms with Crippen LogP contribution in [0, 0.1) is 0 Å². The van der Waals surface area contributed by atoms with Crippen LogP contribution >= 0.6 is 0 Å². The van der Waals surface area contributed by atoms with Gasteiger partial charge in [-0.15, -0.1) is 0 Å². The fourth-order valence-electron chi connectivity index (χ4n) is 2.80. The van der Waals surface area contributed by atoms with Crippen molar-refractivity contribution in [2.24, 2.45) is 5.73 Å². The van der Waals surface area contributed by atoms with Gasteiger partial charge in [0.05, 0.1) is 18.2 Å². The number of amides is 1.